The number of amides is 2. The summed E-state index contributed by atoms with van der Waals surface area (Å²) in [5, 5.41) is 0. The van der Waals surface area contributed by atoms with Gasteiger partial charge in [0, 0.05) is 46.0 Å². The third kappa shape index (κ3) is 3.30. The third-order valence-corrected chi connectivity index (χ3v) is 5.37. The first-order valence-corrected chi connectivity index (χ1v) is 9.69. The van der Waals surface area contributed by atoms with Crippen LogP contribution < -0.4 is 5.56 Å². The minimum absolute atomic E-state index is 0.161. The molecule has 0 unspecified atom stereocenters. The predicted octanol–water partition coefficient (Wildman–Crippen LogP) is 1.68. The van der Waals surface area contributed by atoms with Crippen LogP contribution >= 0.6 is 0 Å². The maximum absolute atomic E-state index is 13.3. The number of pyridine rings is 1. The standard InChI is InChI=1S/C22H23N5O3/c1-25(2)20(28)17-16-9-10-27(12-15(16)11-26(3)21(17)29)22(30)19-18(23-13-24-19)14-7-5-4-6-8-14/h4-8,11,13H,9-10,12H2,1-3H3,(H,23,24). The van der Waals surface area contributed by atoms with Crippen molar-refractivity contribution < 1.29 is 9.59 Å². The van der Waals surface area contributed by atoms with Gasteiger partial charge in [0.25, 0.3) is 17.4 Å². The first-order chi connectivity index (χ1) is 14.4. The number of benzene rings is 1. The fraction of sp³-hybridized carbons (Fsp3) is 0.273. The number of aromatic amines is 1. The summed E-state index contributed by atoms with van der Waals surface area (Å²) in [6.45, 7) is 0.739. The van der Waals surface area contributed by atoms with Crippen molar-refractivity contribution in [2.24, 2.45) is 7.05 Å². The molecule has 3 heterocycles. The van der Waals surface area contributed by atoms with Crippen LogP contribution in [-0.2, 0) is 20.0 Å². The van der Waals surface area contributed by atoms with Crippen LogP contribution in [0.15, 0.2) is 47.7 Å². The Morgan fingerprint density at radius 1 is 1.17 bits per heavy atom. The number of H-pyrrole nitrogens is 1. The van der Waals surface area contributed by atoms with E-state index < -0.39 is 0 Å². The van der Waals surface area contributed by atoms with Gasteiger partial charge in [-0.2, -0.15) is 0 Å². The number of nitrogens with zero attached hydrogens (tertiary/aromatic N) is 4. The second-order valence-electron chi connectivity index (χ2n) is 7.59. The number of carbonyl (C=O) groups is 2. The molecule has 0 spiro atoms. The van der Waals surface area contributed by atoms with Crippen molar-refractivity contribution in [3.63, 3.8) is 0 Å². The Morgan fingerprint density at radius 2 is 1.90 bits per heavy atom. The van der Waals surface area contributed by atoms with Crippen LogP contribution in [0.3, 0.4) is 0 Å². The Kier molecular flexibility index (Phi) is 4.99. The van der Waals surface area contributed by atoms with Crippen molar-refractivity contribution >= 4 is 11.8 Å². The molecular weight excluding hydrogens is 382 g/mol. The Labute approximate surface area is 173 Å². The van der Waals surface area contributed by atoms with Gasteiger partial charge in [0.05, 0.1) is 6.33 Å². The van der Waals surface area contributed by atoms with E-state index in [-0.39, 0.29) is 22.9 Å². The molecule has 1 aliphatic rings. The zero-order valence-electron chi connectivity index (χ0n) is 17.2. The van der Waals surface area contributed by atoms with Gasteiger partial charge in [-0.3, -0.25) is 14.4 Å². The molecule has 0 saturated heterocycles. The van der Waals surface area contributed by atoms with E-state index in [4.69, 9.17) is 0 Å². The molecule has 2 aromatic heterocycles. The molecule has 0 radical (unpaired) electrons. The van der Waals surface area contributed by atoms with E-state index in [0.717, 1.165) is 16.7 Å². The smallest absolute Gasteiger partial charge is 0.272 e. The van der Waals surface area contributed by atoms with Crippen molar-refractivity contribution in [1.29, 1.82) is 0 Å². The van der Waals surface area contributed by atoms with E-state index in [1.165, 1.54) is 15.8 Å². The van der Waals surface area contributed by atoms with Crippen molar-refractivity contribution in [3.8, 4) is 11.3 Å². The Hall–Kier alpha value is -3.68. The fourth-order valence-corrected chi connectivity index (χ4v) is 3.84. The van der Waals surface area contributed by atoms with E-state index in [9.17, 15) is 14.4 Å². The molecule has 4 rings (SSSR count). The van der Waals surface area contributed by atoms with E-state index >= 15 is 0 Å². The SMILES string of the molecule is CN(C)C(=O)c1c2c(cn(C)c1=O)CN(C(=O)c1[nH]cnc1-c1ccccc1)CC2. The highest BCUT2D eigenvalue weighted by molar-refractivity contribution is 5.99. The van der Waals surface area contributed by atoms with Crippen molar-refractivity contribution in [2.45, 2.75) is 13.0 Å². The molecule has 0 saturated carbocycles. The number of aromatic nitrogens is 3. The number of imidazole rings is 1. The average molecular weight is 405 g/mol. The first kappa shape index (κ1) is 19.6. The molecule has 1 N–H and O–H groups in total. The summed E-state index contributed by atoms with van der Waals surface area (Å²) < 4.78 is 1.41. The summed E-state index contributed by atoms with van der Waals surface area (Å²) in [4.78, 5) is 48.9. The van der Waals surface area contributed by atoms with Gasteiger partial charge in [0.15, 0.2) is 0 Å². The van der Waals surface area contributed by atoms with Crippen molar-refractivity contribution in [2.75, 3.05) is 20.6 Å². The minimum Gasteiger partial charge on any atom is -0.345 e. The number of hydrogen-bond donors (Lipinski definition) is 1. The summed E-state index contributed by atoms with van der Waals surface area (Å²) in [5.41, 5.74) is 3.32. The second kappa shape index (κ2) is 7.62. The van der Waals surface area contributed by atoms with Gasteiger partial charge < -0.3 is 19.4 Å². The molecule has 30 heavy (non-hydrogen) atoms. The molecule has 1 aromatic carbocycles. The van der Waals surface area contributed by atoms with E-state index in [1.54, 1.807) is 32.2 Å². The summed E-state index contributed by atoms with van der Waals surface area (Å²) in [6, 6.07) is 9.54. The molecule has 3 aromatic rings. The zero-order valence-corrected chi connectivity index (χ0v) is 17.2. The maximum atomic E-state index is 13.3. The molecule has 0 aliphatic carbocycles. The summed E-state index contributed by atoms with van der Waals surface area (Å²) in [5.74, 6) is -0.474. The summed E-state index contributed by atoms with van der Waals surface area (Å²) >= 11 is 0. The largest absolute Gasteiger partial charge is 0.345 e. The van der Waals surface area contributed by atoms with Crippen molar-refractivity contribution in [3.05, 3.63) is 75.6 Å². The van der Waals surface area contributed by atoms with Gasteiger partial charge in [-0.15, -0.1) is 0 Å². The number of aryl methyl sites for hydroxylation is 1. The normalized spacial score (nSPS) is 13.1. The van der Waals surface area contributed by atoms with Crippen LogP contribution in [-0.4, -0.2) is 56.8 Å². The molecule has 0 atom stereocenters. The van der Waals surface area contributed by atoms with E-state index in [1.807, 2.05) is 30.3 Å². The number of carbonyl (C=O) groups excluding carboxylic acids is 2. The zero-order chi connectivity index (χ0) is 21.4. The molecule has 0 fully saturated rings. The lowest BCUT2D eigenvalue weighted by Gasteiger charge is -2.30. The molecule has 8 heteroatoms. The number of fused-ring (bicyclic) bond motifs is 1. The lowest BCUT2D eigenvalue weighted by atomic mass is 9.95. The lowest BCUT2D eigenvalue weighted by Crippen LogP contribution is -2.41. The molecule has 154 valence electrons. The van der Waals surface area contributed by atoms with Gasteiger partial charge in [0.1, 0.15) is 17.0 Å². The fourth-order valence-electron chi connectivity index (χ4n) is 3.84. The van der Waals surface area contributed by atoms with Crippen LogP contribution in [0.2, 0.25) is 0 Å². The number of rotatable bonds is 3. The van der Waals surface area contributed by atoms with E-state index in [2.05, 4.69) is 9.97 Å². The topological polar surface area (TPSA) is 91.3 Å². The highest BCUT2D eigenvalue weighted by Crippen LogP contribution is 2.25. The molecular formula is C22H23N5O3. The van der Waals surface area contributed by atoms with Crippen molar-refractivity contribution in [1.82, 2.24) is 24.3 Å². The second-order valence-corrected chi connectivity index (χ2v) is 7.59. The predicted molar refractivity (Wildman–Crippen MR) is 112 cm³/mol. The van der Waals surface area contributed by atoms with Crippen LogP contribution in [0.4, 0.5) is 0 Å². The Bertz CT molecular complexity index is 1180. The third-order valence-electron chi connectivity index (χ3n) is 5.37. The maximum Gasteiger partial charge on any atom is 0.272 e. The quantitative estimate of drug-likeness (QED) is 0.718. The van der Waals surface area contributed by atoms with Gasteiger partial charge in [0.2, 0.25) is 0 Å². The highest BCUT2D eigenvalue weighted by atomic mass is 16.2. The monoisotopic (exact) mass is 405 g/mol. The highest BCUT2D eigenvalue weighted by Gasteiger charge is 2.30. The molecule has 8 nitrogen and oxygen atoms in total. The van der Waals surface area contributed by atoms with Crippen LogP contribution in [0, 0.1) is 0 Å². The molecule has 1 aliphatic heterocycles. The van der Waals surface area contributed by atoms with Crippen LogP contribution in [0.1, 0.15) is 32.0 Å². The molecule has 2 amide bonds. The number of hydrogen-bond acceptors (Lipinski definition) is 4. The van der Waals surface area contributed by atoms with E-state index in [0.29, 0.717) is 30.9 Å². The van der Waals surface area contributed by atoms with Crippen LogP contribution in [0.25, 0.3) is 11.3 Å². The lowest BCUT2D eigenvalue weighted by molar-refractivity contribution is 0.0729. The van der Waals surface area contributed by atoms with Crippen LogP contribution in [0.5, 0.6) is 0 Å². The van der Waals surface area contributed by atoms with Gasteiger partial charge >= 0.3 is 0 Å². The summed E-state index contributed by atoms with van der Waals surface area (Å²) in [6.07, 6.45) is 3.68. The Balaban J connectivity index is 1.68. The molecule has 0 bridgehead atoms. The summed E-state index contributed by atoms with van der Waals surface area (Å²) in [7, 11) is 4.88. The minimum atomic E-state index is -0.313. The average Bonchev–Trinajstić information content (AvgIpc) is 3.24. The Morgan fingerprint density at radius 3 is 2.60 bits per heavy atom. The number of nitrogens with one attached hydrogen (secondary N) is 1. The van der Waals surface area contributed by atoms with Gasteiger partial charge in [-0.05, 0) is 17.5 Å². The van der Waals surface area contributed by atoms with Gasteiger partial charge in [-0.25, -0.2) is 4.98 Å². The first-order valence-electron chi connectivity index (χ1n) is 9.69. The van der Waals surface area contributed by atoms with Gasteiger partial charge in [-0.1, -0.05) is 30.3 Å².